The molecule has 0 radical (unpaired) electrons. The molecule has 3 heterocycles. The van der Waals surface area contributed by atoms with Gasteiger partial charge in [-0.3, -0.25) is 9.59 Å². The van der Waals surface area contributed by atoms with Crippen LogP contribution in [0.3, 0.4) is 0 Å². The standard InChI is InChI=1S/C17H17NO4/c1-10-5-3-4-6-11(10)18-9-17-8-7-12(22-17)13(16(20)21-2)14(17)15(18)19/h3-8,12-14H,9H2,1-2H3/t12-,13?,14?,17-/m1/s1. The number of nitrogens with zero attached hydrogens (tertiary/aromatic N) is 1. The van der Waals surface area contributed by atoms with Crippen molar-refractivity contribution in [2.24, 2.45) is 11.8 Å². The summed E-state index contributed by atoms with van der Waals surface area (Å²) in [5, 5.41) is 0. The molecule has 3 aliphatic heterocycles. The van der Waals surface area contributed by atoms with E-state index in [-0.39, 0.29) is 18.0 Å². The Morgan fingerprint density at radius 1 is 1.41 bits per heavy atom. The fraction of sp³-hybridized carbons (Fsp3) is 0.412. The molecule has 0 saturated carbocycles. The van der Waals surface area contributed by atoms with Gasteiger partial charge in [0.2, 0.25) is 5.91 Å². The minimum Gasteiger partial charge on any atom is -0.469 e. The fourth-order valence-electron chi connectivity index (χ4n) is 3.97. The molecule has 2 saturated heterocycles. The number of esters is 1. The van der Waals surface area contributed by atoms with Gasteiger partial charge in [0.15, 0.2) is 0 Å². The van der Waals surface area contributed by atoms with E-state index < -0.39 is 17.4 Å². The molecule has 1 spiro atoms. The Kier molecular flexibility index (Phi) is 2.72. The molecule has 5 heteroatoms. The van der Waals surface area contributed by atoms with Crippen molar-refractivity contribution in [1.82, 2.24) is 0 Å². The normalized spacial score (nSPS) is 35.1. The highest BCUT2D eigenvalue weighted by atomic mass is 16.5. The van der Waals surface area contributed by atoms with Crippen molar-refractivity contribution in [1.29, 1.82) is 0 Å². The summed E-state index contributed by atoms with van der Waals surface area (Å²) < 4.78 is 10.9. The van der Waals surface area contributed by atoms with E-state index in [1.165, 1.54) is 7.11 Å². The van der Waals surface area contributed by atoms with Crippen molar-refractivity contribution in [2.45, 2.75) is 18.6 Å². The van der Waals surface area contributed by atoms with Crippen LogP contribution in [0.1, 0.15) is 5.56 Å². The maximum absolute atomic E-state index is 13.0. The van der Waals surface area contributed by atoms with Crippen molar-refractivity contribution < 1.29 is 19.1 Å². The van der Waals surface area contributed by atoms with Gasteiger partial charge in [0.05, 0.1) is 25.7 Å². The quantitative estimate of drug-likeness (QED) is 0.613. The number of methoxy groups -OCH3 is 1. The second kappa shape index (κ2) is 4.43. The van der Waals surface area contributed by atoms with Gasteiger partial charge in [0.25, 0.3) is 0 Å². The lowest BCUT2D eigenvalue weighted by Crippen LogP contribution is -2.39. The van der Waals surface area contributed by atoms with Gasteiger partial charge in [-0.25, -0.2) is 0 Å². The second-order valence-electron chi connectivity index (χ2n) is 6.13. The topological polar surface area (TPSA) is 55.8 Å². The van der Waals surface area contributed by atoms with Crippen LogP contribution in [0.2, 0.25) is 0 Å². The Morgan fingerprint density at radius 2 is 2.18 bits per heavy atom. The number of hydrogen-bond acceptors (Lipinski definition) is 4. The van der Waals surface area contributed by atoms with Crippen LogP contribution in [0.15, 0.2) is 36.4 Å². The molecule has 3 aliphatic rings. The highest BCUT2D eigenvalue weighted by Gasteiger charge is 2.67. The van der Waals surface area contributed by atoms with Crippen molar-refractivity contribution in [3.63, 3.8) is 0 Å². The van der Waals surface area contributed by atoms with Gasteiger partial charge in [-0.1, -0.05) is 30.4 Å². The first-order chi connectivity index (χ1) is 10.6. The second-order valence-corrected chi connectivity index (χ2v) is 6.13. The number of rotatable bonds is 2. The number of para-hydroxylation sites is 1. The van der Waals surface area contributed by atoms with Crippen LogP contribution in [-0.2, 0) is 19.1 Å². The molecule has 1 aromatic rings. The lowest BCUT2D eigenvalue weighted by Gasteiger charge is -2.22. The zero-order valence-corrected chi connectivity index (χ0v) is 12.5. The first kappa shape index (κ1) is 13.5. The van der Waals surface area contributed by atoms with Crippen molar-refractivity contribution in [3.8, 4) is 0 Å². The van der Waals surface area contributed by atoms with E-state index in [4.69, 9.17) is 9.47 Å². The molecular weight excluding hydrogens is 282 g/mol. The number of fused-ring (bicyclic) bond motifs is 1. The molecule has 114 valence electrons. The van der Waals surface area contributed by atoms with Crippen LogP contribution in [0.25, 0.3) is 0 Å². The molecule has 1 amide bonds. The number of aryl methyl sites for hydroxylation is 1. The van der Waals surface area contributed by atoms with E-state index >= 15 is 0 Å². The van der Waals surface area contributed by atoms with Crippen LogP contribution in [0.5, 0.6) is 0 Å². The predicted molar refractivity (Wildman–Crippen MR) is 79.3 cm³/mol. The lowest BCUT2D eigenvalue weighted by atomic mass is 9.77. The molecule has 0 N–H and O–H groups in total. The average molecular weight is 299 g/mol. The van der Waals surface area contributed by atoms with Crippen LogP contribution in [0, 0.1) is 18.8 Å². The molecule has 5 nitrogen and oxygen atoms in total. The number of anilines is 1. The molecule has 4 rings (SSSR count). The Morgan fingerprint density at radius 3 is 2.91 bits per heavy atom. The van der Waals surface area contributed by atoms with E-state index in [0.29, 0.717) is 6.54 Å². The summed E-state index contributed by atoms with van der Waals surface area (Å²) in [6.07, 6.45) is 3.48. The summed E-state index contributed by atoms with van der Waals surface area (Å²) >= 11 is 0. The minimum atomic E-state index is -0.692. The zero-order chi connectivity index (χ0) is 15.5. The zero-order valence-electron chi connectivity index (χ0n) is 12.5. The van der Waals surface area contributed by atoms with Gasteiger partial charge >= 0.3 is 5.97 Å². The highest BCUT2D eigenvalue weighted by molar-refractivity contribution is 6.03. The number of hydrogen-bond donors (Lipinski definition) is 0. The lowest BCUT2D eigenvalue weighted by molar-refractivity contribution is -0.149. The molecule has 2 fully saturated rings. The Bertz CT molecular complexity index is 698. The van der Waals surface area contributed by atoms with Crippen LogP contribution in [0.4, 0.5) is 5.69 Å². The molecule has 22 heavy (non-hydrogen) atoms. The van der Waals surface area contributed by atoms with Gasteiger partial charge in [0, 0.05) is 5.69 Å². The maximum Gasteiger partial charge on any atom is 0.312 e. The molecule has 1 aromatic carbocycles. The van der Waals surface area contributed by atoms with Gasteiger partial charge < -0.3 is 14.4 Å². The highest BCUT2D eigenvalue weighted by Crippen LogP contribution is 2.53. The molecule has 0 aromatic heterocycles. The fourth-order valence-corrected chi connectivity index (χ4v) is 3.97. The Balaban J connectivity index is 1.75. The Hall–Kier alpha value is -2.14. The number of benzene rings is 1. The third kappa shape index (κ3) is 1.57. The van der Waals surface area contributed by atoms with Gasteiger partial charge in [-0.15, -0.1) is 0 Å². The molecule has 0 aliphatic carbocycles. The van der Waals surface area contributed by atoms with E-state index in [1.54, 1.807) is 4.90 Å². The first-order valence-corrected chi connectivity index (χ1v) is 7.39. The monoisotopic (exact) mass is 299 g/mol. The molecule has 2 bridgehead atoms. The van der Waals surface area contributed by atoms with E-state index in [0.717, 1.165) is 11.3 Å². The largest absolute Gasteiger partial charge is 0.469 e. The van der Waals surface area contributed by atoms with E-state index in [9.17, 15) is 9.59 Å². The summed E-state index contributed by atoms with van der Waals surface area (Å²) in [5.74, 6) is -1.47. The molecule has 4 atom stereocenters. The van der Waals surface area contributed by atoms with Gasteiger partial charge in [0.1, 0.15) is 11.5 Å². The van der Waals surface area contributed by atoms with Gasteiger partial charge in [-0.05, 0) is 18.6 Å². The van der Waals surface area contributed by atoms with Crippen LogP contribution in [-0.4, -0.2) is 37.2 Å². The SMILES string of the molecule is COC(=O)C1C2C(=O)N(c3ccccc3C)C[C@]23C=C[C@H]1O3. The van der Waals surface area contributed by atoms with E-state index in [2.05, 4.69) is 0 Å². The number of carbonyl (C=O) groups excluding carboxylic acids is 2. The van der Waals surface area contributed by atoms with Crippen molar-refractivity contribution in [2.75, 3.05) is 18.6 Å². The number of ether oxygens (including phenoxy) is 2. The third-order valence-corrected chi connectivity index (χ3v) is 4.98. The summed E-state index contributed by atoms with van der Waals surface area (Å²) in [7, 11) is 1.35. The van der Waals surface area contributed by atoms with Crippen molar-refractivity contribution in [3.05, 3.63) is 42.0 Å². The first-order valence-electron chi connectivity index (χ1n) is 7.39. The summed E-state index contributed by atoms with van der Waals surface area (Å²) in [5.41, 5.74) is 1.21. The minimum absolute atomic E-state index is 0.0587. The summed E-state index contributed by atoms with van der Waals surface area (Å²) in [6.45, 7) is 2.42. The maximum atomic E-state index is 13.0. The third-order valence-electron chi connectivity index (χ3n) is 4.98. The van der Waals surface area contributed by atoms with Crippen LogP contribution < -0.4 is 4.90 Å². The number of amides is 1. The summed E-state index contributed by atoms with van der Waals surface area (Å²) in [6, 6.07) is 7.75. The molecular formula is C17H17NO4. The smallest absolute Gasteiger partial charge is 0.312 e. The number of carbonyl (C=O) groups is 2. The average Bonchev–Trinajstić information content (AvgIpc) is 3.15. The Labute approximate surface area is 128 Å². The van der Waals surface area contributed by atoms with Crippen molar-refractivity contribution >= 4 is 17.6 Å². The van der Waals surface area contributed by atoms with Crippen LogP contribution >= 0.6 is 0 Å². The summed E-state index contributed by atoms with van der Waals surface area (Å²) in [4.78, 5) is 26.8. The molecule has 2 unspecified atom stereocenters. The predicted octanol–water partition coefficient (Wildman–Crippen LogP) is 1.45. The van der Waals surface area contributed by atoms with E-state index in [1.807, 2.05) is 43.3 Å². The van der Waals surface area contributed by atoms with Gasteiger partial charge in [-0.2, -0.15) is 0 Å².